The molecule has 17 heavy (non-hydrogen) atoms. The van der Waals surface area contributed by atoms with Crippen LogP contribution in [-0.2, 0) is 4.79 Å². The van der Waals surface area contributed by atoms with Gasteiger partial charge in [-0.2, -0.15) is 11.3 Å². The Balaban J connectivity index is 2.34. The largest absolute Gasteiger partial charge is 0.350 e. The van der Waals surface area contributed by atoms with Crippen LogP contribution in [0.3, 0.4) is 0 Å². The molecule has 0 aliphatic heterocycles. The molecule has 1 aromatic rings. The van der Waals surface area contributed by atoms with Crippen LogP contribution in [0.25, 0.3) is 0 Å². The van der Waals surface area contributed by atoms with E-state index in [1.165, 1.54) is 5.56 Å². The molecule has 3 nitrogen and oxygen atoms in total. The van der Waals surface area contributed by atoms with Gasteiger partial charge in [0, 0.05) is 11.6 Å². The van der Waals surface area contributed by atoms with Crippen molar-refractivity contribution in [3.63, 3.8) is 0 Å². The molecule has 0 fully saturated rings. The fourth-order valence-electron chi connectivity index (χ4n) is 1.40. The third kappa shape index (κ3) is 4.88. The molecule has 0 radical (unpaired) electrons. The van der Waals surface area contributed by atoms with E-state index in [4.69, 9.17) is 0 Å². The Morgan fingerprint density at radius 3 is 2.76 bits per heavy atom. The molecule has 1 aromatic heterocycles. The second-order valence-electron chi connectivity index (χ2n) is 4.94. The first-order valence-electron chi connectivity index (χ1n) is 6.01. The number of amides is 1. The summed E-state index contributed by atoms with van der Waals surface area (Å²) in [7, 11) is 0. The molecule has 0 saturated heterocycles. The van der Waals surface area contributed by atoms with Crippen molar-refractivity contribution in [2.45, 2.75) is 45.7 Å². The van der Waals surface area contributed by atoms with Gasteiger partial charge >= 0.3 is 0 Å². The normalized spacial score (nSPS) is 13.4. The summed E-state index contributed by atoms with van der Waals surface area (Å²) >= 11 is 1.68. The summed E-state index contributed by atoms with van der Waals surface area (Å²) in [5.41, 5.74) is 1.11. The van der Waals surface area contributed by atoms with E-state index >= 15 is 0 Å². The highest BCUT2D eigenvalue weighted by Gasteiger charge is 2.17. The molecule has 0 aliphatic rings. The van der Waals surface area contributed by atoms with Gasteiger partial charge in [0.15, 0.2) is 0 Å². The zero-order valence-electron chi connectivity index (χ0n) is 11.0. The molecule has 96 valence electrons. The molecular formula is C13H22N2OS. The van der Waals surface area contributed by atoms with Crippen molar-refractivity contribution in [2.75, 3.05) is 6.54 Å². The highest BCUT2D eigenvalue weighted by molar-refractivity contribution is 7.07. The van der Waals surface area contributed by atoms with Crippen LogP contribution in [0, 0.1) is 0 Å². The standard InChI is InChI=1S/C13H22N2OS/c1-5-13(3,4)15-12(16)8-14-10(2)11-6-7-17-9-11/h6-7,9-10,14H,5,8H2,1-4H3,(H,15,16). The minimum absolute atomic E-state index is 0.0546. The van der Waals surface area contributed by atoms with E-state index in [0.717, 1.165) is 6.42 Å². The number of hydrogen-bond donors (Lipinski definition) is 2. The van der Waals surface area contributed by atoms with Crippen molar-refractivity contribution in [1.82, 2.24) is 10.6 Å². The molecule has 1 heterocycles. The third-order valence-electron chi connectivity index (χ3n) is 2.97. The lowest BCUT2D eigenvalue weighted by atomic mass is 10.0. The third-order valence-corrected chi connectivity index (χ3v) is 3.68. The molecule has 1 atom stereocenters. The summed E-state index contributed by atoms with van der Waals surface area (Å²) in [6.45, 7) is 8.57. The van der Waals surface area contributed by atoms with Crippen molar-refractivity contribution in [3.8, 4) is 0 Å². The van der Waals surface area contributed by atoms with E-state index in [9.17, 15) is 4.79 Å². The number of rotatable bonds is 6. The van der Waals surface area contributed by atoms with E-state index in [1.54, 1.807) is 11.3 Å². The summed E-state index contributed by atoms with van der Waals surface area (Å²) < 4.78 is 0. The Bertz CT molecular complexity index is 346. The predicted molar refractivity (Wildman–Crippen MR) is 73.2 cm³/mol. The Morgan fingerprint density at radius 2 is 2.24 bits per heavy atom. The van der Waals surface area contributed by atoms with Gasteiger partial charge in [0.05, 0.1) is 6.54 Å². The molecule has 0 spiro atoms. The van der Waals surface area contributed by atoms with Crippen LogP contribution in [0.5, 0.6) is 0 Å². The minimum atomic E-state index is -0.121. The Labute approximate surface area is 108 Å². The van der Waals surface area contributed by atoms with Crippen molar-refractivity contribution < 1.29 is 4.79 Å². The highest BCUT2D eigenvalue weighted by atomic mass is 32.1. The number of thiophene rings is 1. The smallest absolute Gasteiger partial charge is 0.234 e. The van der Waals surface area contributed by atoms with E-state index in [-0.39, 0.29) is 17.5 Å². The zero-order valence-corrected chi connectivity index (χ0v) is 11.9. The number of carbonyl (C=O) groups excluding carboxylic acids is 1. The first-order valence-corrected chi connectivity index (χ1v) is 6.95. The Hall–Kier alpha value is -0.870. The van der Waals surface area contributed by atoms with Gasteiger partial charge in [-0.1, -0.05) is 6.92 Å². The predicted octanol–water partition coefficient (Wildman–Crippen LogP) is 2.70. The molecule has 1 rings (SSSR count). The summed E-state index contributed by atoms with van der Waals surface area (Å²) in [6.07, 6.45) is 0.929. The van der Waals surface area contributed by atoms with Crippen LogP contribution in [0.15, 0.2) is 16.8 Å². The molecule has 0 aliphatic carbocycles. The lowest BCUT2D eigenvalue weighted by molar-refractivity contribution is -0.121. The highest BCUT2D eigenvalue weighted by Crippen LogP contribution is 2.15. The van der Waals surface area contributed by atoms with Gasteiger partial charge in [0.2, 0.25) is 5.91 Å². The van der Waals surface area contributed by atoms with E-state index in [2.05, 4.69) is 35.9 Å². The van der Waals surface area contributed by atoms with Crippen LogP contribution >= 0.6 is 11.3 Å². The first kappa shape index (κ1) is 14.2. The molecule has 0 saturated carbocycles. The van der Waals surface area contributed by atoms with Crippen molar-refractivity contribution >= 4 is 17.2 Å². The van der Waals surface area contributed by atoms with E-state index in [1.807, 2.05) is 19.2 Å². The number of carbonyl (C=O) groups is 1. The van der Waals surface area contributed by atoms with Crippen molar-refractivity contribution in [3.05, 3.63) is 22.4 Å². The van der Waals surface area contributed by atoms with Gasteiger partial charge in [-0.25, -0.2) is 0 Å². The first-order chi connectivity index (χ1) is 7.94. The Kier molecular flexibility index (Phi) is 5.15. The van der Waals surface area contributed by atoms with Crippen LogP contribution in [0.4, 0.5) is 0 Å². The second-order valence-corrected chi connectivity index (χ2v) is 5.72. The topological polar surface area (TPSA) is 41.1 Å². The molecular weight excluding hydrogens is 232 g/mol. The average molecular weight is 254 g/mol. The lowest BCUT2D eigenvalue weighted by Crippen LogP contribution is -2.46. The lowest BCUT2D eigenvalue weighted by Gasteiger charge is -2.25. The molecule has 4 heteroatoms. The van der Waals surface area contributed by atoms with Crippen molar-refractivity contribution in [1.29, 1.82) is 0 Å². The fraction of sp³-hybridized carbons (Fsp3) is 0.615. The van der Waals surface area contributed by atoms with Crippen LogP contribution in [-0.4, -0.2) is 18.0 Å². The zero-order chi connectivity index (χ0) is 12.9. The number of nitrogens with one attached hydrogen (secondary N) is 2. The van der Waals surface area contributed by atoms with Gasteiger partial charge in [-0.3, -0.25) is 4.79 Å². The molecule has 2 N–H and O–H groups in total. The van der Waals surface area contributed by atoms with Crippen LogP contribution < -0.4 is 10.6 Å². The second kappa shape index (κ2) is 6.17. The van der Waals surface area contributed by atoms with Gasteiger partial charge in [-0.05, 0) is 49.6 Å². The maximum atomic E-state index is 11.7. The van der Waals surface area contributed by atoms with Gasteiger partial charge in [-0.15, -0.1) is 0 Å². The average Bonchev–Trinajstić information content (AvgIpc) is 2.78. The van der Waals surface area contributed by atoms with E-state index in [0.29, 0.717) is 6.54 Å². The van der Waals surface area contributed by atoms with Gasteiger partial charge in [0.1, 0.15) is 0 Å². The fourth-order valence-corrected chi connectivity index (χ4v) is 2.15. The molecule has 0 aromatic carbocycles. The summed E-state index contributed by atoms with van der Waals surface area (Å²) in [6, 6.07) is 2.30. The van der Waals surface area contributed by atoms with Gasteiger partial charge in [0.25, 0.3) is 0 Å². The maximum Gasteiger partial charge on any atom is 0.234 e. The SMILES string of the molecule is CCC(C)(C)NC(=O)CNC(C)c1ccsc1. The van der Waals surface area contributed by atoms with Crippen molar-refractivity contribution in [2.24, 2.45) is 0 Å². The monoisotopic (exact) mass is 254 g/mol. The Morgan fingerprint density at radius 1 is 1.53 bits per heavy atom. The van der Waals surface area contributed by atoms with E-state index < -0.39 is 0 Å². The summed E-state index contributed by atoms with van der Waals surface area (Å²) in [5.74, 6) is 0.0546. The molecule has 1 amide bonds. The van der Waals surface area contributed by atoms with Crippen LogP contribution in [0.2, 0.25) is 0 Å². The summed E-state index contributed by atoms with van der Waals surface area (Å²) in [4.78, 5) is 11.7. The van der Waals surface area contributed by atoms with Gasteiger partial charge < -0.3 is 10.6 Å². The number of hydrogen-bond acceptors (Lipinski definition) is 3. The molecule has 0 bridgehead atoms. The maximum absolute atomic E-state index is 11.7. The summed E-state index contributed by atoms with van der Waals surface area (Å²) in [5, 5.41) is 10.4. The quantitative estimate of drug-likeness (QED) is 0.819. The minimum Gasteiger partial charge on any atom is -0.350 e. The van der Waals surface area contributed by atoms with Crippen LogP contribution in [0.1, 0.15) is 45.7 Å². The molecule has 1 unspecified atom stereocenters.